The fourth-order valence-corrected chi connectivity index (χ4v) is 0.745. The summed E-state index contributed by atoms with van der Waals surface area (Å²) in [5.41, 5.74) is -0.174. The highest BCUT2D eigenvalue weighted by molar-refractivity contribution is 6.32. The van der Waals surface area contributed by atoms with Gasteiger partial charge in [-0.1, -0.05) is 11.6 Å². The van der Waals surface area contributed by atoms with Crippen molar-refractivity contribution in [1.29, 1.82) is 0 Å². The van der Waals surface area contributed by atoms with E-state index >= 15 is 0 Å². The minimum Gasteiger partial charge on any atom is -0.296 e. The molecule has 1 aromatic rings. The van der Waals surface area contributed by atoms with E-state index in [1.807, 2.05) is 0 Å². The first-order valence-corrected chi connectivity index (χ1v) is 3.01. The molecule has 0 atom stereocenters. The van der Waals surface area contributed by atoms with Crippen molar-refractivity contribution in [2.45, 2.75) is 6.55 Å². The number of carbonyl (C=O) groups is 1. The molecule has 0 radical (unpaired) electrons. The number of halogens is 3. The van der Waals surface area contributed by atoms with E-state index in [0.717, 1.165) is 6.20 Å². The third-order valence-electron chi connectivity index (χ3n) is 1.03. The van der Waals surface area contributed by atoms with Crippen LogP contribution in [0, 0.1) is 0 Å². The van der Waals surface area contributed by atoms with Crippen LogP contribution in [0.1, 0.15) is 17.0 Å². The Kier molecular flexibility index (Phi) is 2.19. The van der Waals surface area contributed by atoms with Crippen LogP contribution < -0.4 is 0 Å². The predicted octanol–water partition coefficient (Wildman–Crippen LogP) is 1.74. The Morgan fingerprint density at radius 1 is 1.73 bits per heavy atom. The van der Waals surface area contributed by atoms with Gasteiger partial charge in [-0.2, -0.15) is 13.9 Å². The van der Waals surface area contributed by atoms with Crippen molar-refractivity contribution in [2.75, 3.05) is 0 Å². The summed E-state index contributed by atoms with van der Waals surface area (Å²) in [5.74, 6) is 0. The normalized spacial score (nSPS) is 10.5. The lowest BCUT2D eigenvalue weighted by atomic mass is 10.5. The molecule has 3 nitrogen and oxygen atoms in total. The molecule has 1 aromatic heterocycles. The predicted molar refractivity (Wildman–Crippen MR) is 33.9 cm³/mol. The zero-order valence-electron chi connectivity index (χ0n) is 5.17. The molecular formula is C5H3ClF2N2O. The maximum Gasteiger partial charge on any atom is 0.333 e. The van der Waals surface area contributed by atoms with E-state index in [4.69, 9.17) is 11.6 Å². The minimum absolute atomic E-state index is 0.0692. The first-order valence-electron chi connectivity index (χ1n) is 2.63. The van der Waals surface area contributed by atoms with E-state index < -0.39 is 6.55 Å². The summed E-state index contributed by atoms with van der Waals surface area (Å²) in [6.45, 7) is -2.76. The molecule has 0 N–H and O–H groups in total. The van der Waals surface area contributed by atoms with E-state index in [-0.39, 0.29) is 10.7 Å². The topological polar surface area (TPSA) is 34.9 Å². The first kappa shape index (κ1) is 8.13. The van der Waals surface area contributed by atoms with Crippen LogP contribution in [0.15, 0.2) is 6.20 Å². The van der Waals surface area contributed by atoms with Gasteiger partial charge in [-0.15, -0.1) is 0 Å². The standard InChI is InChI=1S/C5H3ClF2N2O/c6-3-1-10(5(7)8)9-4(3)2-11/h1-2,5H. The Morgan fingerprint density at radius 2 is 2.36 bits per heavy atom. The third-order valence-corrected chi connectivity index (χ3v) is 1.32. The summed E-state index contributed by atoms with van der Waals surface area (Å²) in [6, 6.07) is 0. The van der Waals surface area contributed by atoms with Crippen molar-refractivity contribution >= 4 is 17.9 Å². The Morgan fingerprint density at radius 3 is 2.64 bits per heavy atom. The Bertz CT molecular complexity index is 273. The Balaban J connectivity index is 3.04. The molecule has 11 heavy (non-hydrogen) atoms. The minimum atomic E-state index is -2.76. The van der Waals surface area contributed by atoms with Gasteiger partial charge in [-0.05, 0) is 0 Å². The summed E-state index contributed by atoms with van der Waals surface area (Å²) in [6.07, 6.45) is 1.22. The molecule has 1 rings (SSSR count). The molecule has 0 aliphatic heterocycles. The molecule has 0 aromatic carbocycles. The van der Waals surface area contributed by atoms with Gasteiger partial charge in [0, 0.05) is 0 Å². The number of nitrogens with zero attached hydrogens (tertiary/aromatic N) is 2. The second-order valence-electron chi connectivity index (χ2n) is 1.74. The molecule has 1 heterocycles. The Labute approximate surface area is 65.6 Å². The van der Waals surface area contributed by atoms with Gasteiger partial charge in [0.05, 0.1) is 11.2 Å². The second kappa shape index (κ2) is 2.96. The highest BCUT2D eigenvalue weighted by Gasteiger charge is 2.11. The lowest BCUT2D eigenvalue weighted by molar-refractivity contribution is 0.0563. The number of rotatable bonds is 2. The summed E-state index contributed by atoms with van der Waals surface area (Å²) in [5, 5.41) is 3.13. The fraction of sp³-hybridized carbons (Fsp3) is 0.200. The third kappa shape index (κ3) is 1.54. The number of carbonyl (C=O) groups excluding carboxylic acids is 1. The van der Waals surface area contributed by atoms with Gasteiger partial charge in [0.1, 0.15) is 5.69 Å². The lowest BCUT2D eigenvalue weighted by Gasteiger charge is -1.94. The molecule has 0 amide bonds. The molecule has 0 bridgehead atoms. The highest BCUT2D eigenvalue weighted by Crippen LogP contribution is 2.16. The quantitative estimate of drug-likeness (QED) is 0.650. The summed E-state index contributed by atoms with van der Waals surface area (Å²) in [4.78, 5) is 10.1. The van der Waals surface area contributed by atoms with Crippen LogP contribution in [0.5, 0.6) is 0 Å². The van der Waals surface area contributed by atoms with Crippen LogP contribution in [0.2, 0.25) is 5.02 Å². The number of alkyl halides is 2. The molecule has 60 valence electrons. The van der Waals surface area contributed by atoms with E-state index in [0.29, 0.717) is 11.0 Å². The molecule has 0 unspecified atom stereocenters. The lowest BCUT2D eigenvalue weighted by Crippen LogP contribution is -1.98. The van der Waals surface area contributed by atoms with E-state index in [9.17, 15) is 13.6 Å². The van der Waals surface area contributed by atoms with Crippen LogP contribution in [-0.2, 0) is 0 Å². The van der Waals surface area contributed by atoms with Crippen molar-refractivity contribution in [2.24, 2.45) is 0 Å². The number of hydrogen-bond acceptors (Lipinski definition) is 2. The van der Waals surface area contributed by atoms with Gasteiger partial charge in [0.2, 0.25) is 0 Å². The van der Waals surface area contributed by atoms with Crippen molar-refractivity contribution in [3.8, 4) is 0 Å². The van der Waals surface area contributed by atoms with E-state index in [1.54, 1.807) is 0 Å². The largest absolute Gasteiger partial charge is 0.333 e. The SMILES string of the molecule is O=Cc1nn(C(F)F)cc1Cl. The number of aromatic nitrogens is 2. The number of aldehydes is 1. The van der Waals surface area contributed by atoms with E-state index in [2.05, 4.69) is 5.10 Å². The van der Waals surface area contributed by atoms with Crippen molar-refractivity contribution < 1.29 is 13.6 Å². The molecule has 0 saturated heterocycles. The average Bonchev–Trinajstić information content (AvgIpc) is 2.31. The molecular weight excluding hydrogens is 178 g/mol. The Hall–Kier alpha value is -0.970. The summed E-state index contributed by atoms with van der Waals surface area (Å²) >= 11 is 5.34. The summed E-state index contributed by atoms with van der Waals surface area (Å²) in [7, 11) is 0. The van der Waals surface area contributed by atoms with Gasteiger partial charge in [0.25, 0.3) is 0 Å². The molecule has 0 aliphatic carbocycles. The number of hydrogen-bond donors (Lipinski definition) is 0. The van der Waals surface area contributed by atoms with Gasteiger partial charge in [-0.3, -0.25) is 4.79 Å². The monoisotopic (exact) mass is 180 g/mol. The van der Waals surface area contributed by atoms with Crippen LogP contribution in [0.25, 0.3) is 0 Å². The maximum atomic E-state index is 11.8. The van der Waals surface area contributed by atoms with Crippen LogP contribution in [0.4, 0.5) is 8.78 Å². The van der Waals surface area contributed by atoms with Crippen molar-refractivity contribution in [3.05, 3.63) is 16.9 Å². The van der Waals surface area contributed by atoms with Crippen LogP contribution in [0.3, 0.4) is 0 Å². The molecule has 0 fully saturated rings. The van der Waals surface area contributed by atoms with Crippen molar-refractivity contribution in [3.63, 3.8) is 0 Å². The molecule has 0 spiro atoms. The average molecular weight is 181 g/mol. The van der Waals surface area contributed by atoms with E-state index in [1.165, 1.54) is 0 Å². The first-order chi connectivity index (χ1) is 5.15. The second-order valence-corrected chi connectivity index (χ2v) is 2.14. The van der Waals surface area contributed by atoms with Crippen LogP contribution >= 0.6 is 11.6 Å². The van der Waals surface area contributed by atoms with Gasteiger partial charge >= 0.3 is 6.55 Å². The molecule has 0 saturated carbocycles. The van der Waals surface area contributed by atoms with Crippen molar-refractivity contribution in [1.82, 2.24) is 9.78 Å². The fourth-order valence-electron chi connectivity index (χ4n) is 0.563. The van der Waals surface area contributed by atoms with Gasteiger partial charge in [-0.25, -0.2) is 4.68 Å². The highest BCUT2D eigenvalue weighted by atomic mass is 35.5. The van der Waals surface area contributed by atoms with Gasteiger partial charge in [0.15, 0.2) is 6.29 Å². The van der Waals surface area contributed by atoms with Crippen LogP contribution in [-0.4, -0.2) is 16.1 Å². The zero-order chi connectivity index (χ0) is 8.43. The molecule has 6 heteroatoms. The smallest absolute Gasteiger partial charge is 0.296 e. The zero-order valence-corrected chi connectivity index (χ0v) is 5.92. The molecule has 0 aliphatic rings. The van der Waals surface area contributed by atoms with Gasteiger partial charge < -0.3 is 0 Å². The maximum absolute atomic E-state index is 11.8. The summed E-state index contributed by atoms with van der Waals surface area (Å²) < 4.78 is 24.0.